The van der Waals surface area contributed by atoms with Crippen LogP contribution < -0.4 is 0 Å². The zero-order chi connectivity index (χ0) is 73.9. The van der Waals surface area contributed by atoms with Gasteiger partial charge >= 0.3 is 11.9 Å². The van der Waals surface area contributed by atoms with E-state index >= 15 is 9.59 Å². The highest BCUT2D eigenvalue weighted by atomic mass is 16.8. The van der Waals surface area contributed by atoms with Crippen LogP contribution in [0.4, 0.5) is 0 Å². The van der Waals surface area contributed by atoms with Crippen molar-refractivity contribution in [3.63, 3.8) is 0 Å². The predicted octanol–water partition coefficient (Wildman–Crippen LogP) is 13.8. The number of esters is 2. The van der Waals surface area contributed by atoms with Crippen molar-refractivity contribution in [3.05, 3.63) is 287 Å². The van der Waals surface area contributed by atoms with Crippen molar-refractivity contribution in [2.75, 3.05) is 26.4 Å². The Morgan fingerprint density at radius 1 is 0.327 bits per heavy atom. The van der Waals surface area contributed by atoms with Crippen molar-refractivity contribution in [2.45, 2.75) is 198 Å². The average molecular weight is 1460 g/mol. The lowest BCUT2D eigenvalue weighted by molar-refractivity contribution is -0.385. The summed E-state index contributed by atoms with van der Waals surface area (Å²) in [7, 11) is 0. The second kappa shape index (κ2) is 40.5. The predicted molar refractivity (Wildman–Crippen MR) is 395 cm³/mol. The van der Waals surface area contributed by atoms with Gasteiger partial charge in [-0.3, -0.25) is 24.1 Å². The SMILES string of the molecule is CCCCCCCCO[C@H]1O[C@H](COCc2ccccc2)[C@@H](OCc2ccccc2)[C@H](OCc2ccccc2)[C@@H]1O[C@@H]1O[C@H](COCc2ccccc2)[C@@H](O[C@@H]2O[C@H](COCc3ccccc3)[C@@H](OC(C)=O)[C@H](OCc3ccccc3)[C@H]2OC(C)=O)[C@H](OCc2ccccc2)[C@H]1N1C(=O)c2ccccc2C1=O. The van der Waals surface area contributed by atoms with E-state index in [2.05, 4.69) is 6.92 Å². The molecule has 0 aromatic heterocycles. The Labute approximate surface area is 626 Å². The number of carbonyl (C=O) groups excluding carboxylic acids is 4. The van der Waals surface area contributed by atoms with E-state index < -0.39 is 116 Å². The van der Waals surface area contributed by atoms with E-state index in [1.807, 2.05) is 212 Å². The molecule has 4 heterocycles. The standard InChI is InChI=1S/C87H97NO19/c1-4-5-6-7-8-32-49-96-86-81(79(99-55-67-43-26-14-27-44-67)75(97-53-65-39-22-12-23-40-65)71(104-86)57-93-50-62-33-16-9-17-34-62)107-85-74(88-83(91)69-47-30-31-48-70(69)84(88)92)78(98-54-66-41-24-13-25-42-66)76(72(103-85)58-94-51-63-35-18-10-19-36-63)106-87-82(102-61(3)90)80(100-56-68-45-28-15-29-46-68)77(101-60(2)89)73(105-87)59-95-52-64-37-20-11-21-38-64/h9-31,33-48,71-82,85-87H,4-8,32,49-59H2,1-3H3/t71-,72-,73-,74-,75-,76-,77-,78-,79+,80+,81+,82-,85+,86+,87+/m1/s1. The fourth-order valence-electron chi connectivity index (χ4n) is 13.9. The molecule has 2 amide bonds. The highest BCUT2D eigenvalue weighted by molar-refractivity contribution is 6.21. The quantitative estimate of drug-likeness (QED) is 0.0199. The molecule has 8 aromatic carbocycles. The molecule has 4 aliphatic heterocycles. The Morgan fingerprint density at radius 2 is 0.654 bits per heavy atom. The van der Waals surface area contributed by atoms with Crippen LogP contribution in [-0.4, -0.2) is 147 Å². The first-order chi connectivity index (χ1) is 52.5. The minimum atomic E-state index is -1.67. The van der Waals surface area contributed by atoms with Crippen LogP contribution in [0.3, 0.4) is 0 Å². The van der Waals surface area contributed by atoms with Crippen LogP contribution in [0.1, 0.15) is 119 Å². The summed E-state index contributed by atoms with van der Waals surface area (Å²) in [5.41, 5.74) is 6.08. The third-order valence-electron chi connectivity index (χ3n) is 19.2. The molecule has 564 valence electrons. The van der Waals surface area contributed by atoms with E-state index in [-0.39, 0.29) is 83.8 Å². The lowest BCUT2D eigenvalue weighted by atomic mass is 9.93. The van der Waals surface area contributed by atoms with Crippen molar-refractivity contribution in [1.29, 1.82) is 0 Å². The molecule has 12 rings (SSSR count). The van der Waals surface area contributed by atoms with Gasteiger partial charge < -0.3 is 71.1 Å². The molecule has 3 saturated heterocycles. The Bertz CT molecular complexity index is 3930. The Hall–Kier alpha value is -8.68. The maximum absolute atomic E-state index is 15.8. The van der Waals surface area contributed by atoms with Gasteiger partial charge in [0.2, 0.25) is 0 Å². The fraction of sp³-hybridized carbons (Fsp3) is 0.402. The molecular weight excluding hydrogens is 1360 g/mol. The highest BCUT2D eigenvalue weighted by Gasteiger charge is 2.61. The van der Waals surface area contributed by atoms with Crippen LogP contribution in [0.25, 0.3) is 0 Å². The van der Waals surface area contributed by atoms with Gasteiger partial charge in [-0.1, -0.05) is 263 Å². The summed E-state index contributed by atoms with van der Waals surface area (Å²) in [6, 6.07) is 72.3. The summed E-state index contributed by atoms with van der Waals surface area (Å²) < 4.78 is 105. The first-order valence-electron chi connectivity index (χ1n) is 37.2. The van der Waals surface area contributed by atoms with Gasteiger partial charge in [-0.15, -0.1) is 0 Å². The van der Waals surface area contributed by atoms with Crippen LogP contribution in [0.15, 0.2) is 237 Å². The van der Waals surface area contributed by atoms with Crippen LogP contribution in [0.2, 0.25) is 0 Å². The average Bonchev–Trinajstić information content (AvgIpc) is 1.68. The number of carbonyl (C=O) groups is 4. The minimum absolute atomic E-state index is 0.0351. The summed E-state index contributed by atoms with van der Waals surface area (Å²) in [5, 5.41) is 0. The van der Waals surface area contributed by atoms with Gasteiger partial charge in [-0.05, 0) is 57.5 Å². The number of benzene rings is 8. The summed E-state index contributed by atoms with van der Waals surface area (Å²) in [4.78, 5) is 60.1. The molecule has 0 bridgehead atoms. The molecule has 107 heavy (non-hydrogen) atoms. The van der Waals surface area contributed by atoms with E-state index in [0.29, 0.717) is 12.0 Å². The molecule has 20 heteroatoms. The largest absolute Gasteiger partial charge is 0.457 e. The molecule has 8 aromatic rings. The maximum Gasteiger partial charge on any atom is 0.303 e. The number of nitrogens with zero attached hydrogens (tertiary/aromatic N) is 1. The van der Waals surface area contributed by atoms with Gasteiger partial charge in [0.05, 0.1) is 77.2 Å². The van der Waals surface area contributed by atoms with Crippen LogP contribution in [0, 0.1) is 0 Å². The molecule has 4 aliphatic rings. The summed E-state index contributed by atoms with van der Waals surface area (Å²) in [6.07, 6.45) is -12.4. The third kappa shape index (κ3) is 21.8. The van der Waals surface area contributed by atoms with Crippen LogP contribution >= 0.6 is 0 Å². The maximum atomic E-state index is 15.8. The van der Waals surface area contributed by atoms with Gasteiger partial charge in [0.15, 0.2) is 31.1 Å². The van der Waals surface area contributed by atoms with Crippen molar-refractivity contribution < 1.29 is 90.2 Å². The normalized spacial score (nSPS) is 24.9. The topological polar surface area (TPSA) is 210 Å². The first kappa shape index (κ1) is 77.9. The van der Waals surface area contributed by atoms with Crippen molar-refractivity contribution in [1.82, 2.24) is 4.90 Å². The van der Waals surface area contributed by atoms with Crippen LogP contribution in [-0.2, 0) is 127 Å². The van der Waals surface area contributed by atoms with Gasteiger partial charge in [-0.25, -0.2) is 0 Å². The molecule has 0 spiro atoms. The smallest absolute Gasteiger partial charge is 0.303 e. The van der Waals surface area contributed by atoms with Crippen molar-refractivity contribution in [2.24, 2.45) is 0 Å². The Balaban J connectivity index is 1.00. The molecule has 15 atom stereocenters. The monoisotopic (exact) mass is 1460 g/mol. The molecule has 0 N–H and O–H groups in total. The zero-order valence-electron chi connectivity index (χ0n) is 60.9. The number of hydrogen-bond donors (Lipinski definition) is 0. The number of hydrogen-bond acceptors (Lipinski definition) is 19. The molecule has 0 radical (unpaired) electrons. The molecule has 3 fully saturated rings. The number of amides is 2. The van der Waals surface area contributed by atoms with E-state index in [9.17, 15) is 9.59 Å². The zero-order valence-corrected chi connectivity index (χ0v) is 60.9. The summed E-state index contributed by atoms with van der Waals surface area (Å²) >= 11 is 0. The minimum Gasteiger partial charge on any atom is -0.457 e. The Morgan fingerprint density at radius 3 is 1.08 bits per heavy atom. The number of unbranched alkanes of at least 4 members (excludes halogenated alkanes) is 5. The molecular formula is C87H97NO19. The van der Waals surface area contributed by atoms with Gasteiger partial charge in [0, 0.05) is 20.5 Å². The molecule has 0 saturated carbocycles. The summed E-state index contributed by atoms with van der Waals surface area (Å²) in [5.74, 6) is -2.77. The van der Waals surface area contributed by atoms with Gasteiger partial charge in [0.25, 0.3) is 11.8 Å². The lowest BCUT2D eigenvalue weighted by Crippen LogP contribution is -2.71. The van der Waals surface area contributed by atoms with Crippen LogP contribution in [0.5, 0.6) is 0 Å². The van der Waals surface area contributed by atoms with E-state index in [0.717, 1.165) is 70.4 Å². The lowest BCUT2D eigenvalue weighted by Gasteiger charge is -2.52. The van der Waals surface area contributed by atoms with E-state index in [4.69, 9.17) is 71.1 Å². The highest BCUT2D eigenvalue weighted by Crippen LogP contribution is 2.42. The number of rotatable bonds is 39. The van der Waals surface area contributed by atoms with E-state index in [1.54, 1.807) is 24.3 Å². The third-order valence-corrected chi connectivity index (χ3v) is 19.2. The number of ether oxygens (including phenoxy) is 15. The van der Waals surface area contributed by atoms with Gasteiger partial charge in [-0.2, -0.15) is 0 Å². The summed E-state index contributed by atoms with van der Waals surface area (Å²) in [6.45, 7) is 5.03. The molecule has 0 aliphatic carbocycles. The fourth-order valence-corrected chi connectivity index (χ4v) is 13.9. The van der Waals surface area contributed by atoms with E-state index in [1.165, 1.54) is 13.8 Å². The molecule has 20 nitrogen and oxygen atoms in total. The van der Waals surface area contributed by atoms with Crippen molar-refractivity contribution in [3.8, 4) is 0 Å². The molecule has 0 unspecified atom stereocenters. The first-order valence-corrected chi connectivity index (χ1v) is 37.2. The van der Waals surface area contributed by atoms with Gasteiger partial charge in [0.1, 0.15) is 61.0 Å². The number of fused-ring (bicyclic) bond motifs is 1. The number of imide groups is 1. The second-order valence-electron chi connectivity index (χ2n) is 27.2. The Kier molecular flexibility index (Phi) is 29.5. The second-order valence-corrected chi connectivity index (χ2v) is 27.2. The van der Waals surface area contributed by atoms with Crippen molar-refractivity contribution >= 4 is 23.8 Å².